The van der Waals surface area contributed by atoms with E-state index < -0.39 is 24.2 Å². The highest BCUT2D eigenvalue weighted by molar-refractivity contribution is 7.16. The summed E-state index contributed by atoms with van der Waals surface area (Å²) in [6.45, 7) is 2.73. The molecular weight excluding hydrogens is 452 g/mol. The molecule has 1 aliphatic rings. The summed E-state index contributed by atoms with van der Waals surface area (Å²) in [6, 6.07) is 3.04. The molecule has 4 N–H and O–H groups in total. The van der Waals surface area contributed by atoms with Gasteiger partial charge in [0, 0.05) is 13.6 Å². The zero-order valence-electron chi connectivity index (χ0n) is 17.5. The fourth-order valence-corrected chi connectivity index (χ4v) is 4.71. The molecule has 0 aromatic carbocycles. The number of aliphatic hydroxyl groups excluding tert-OH is 2. The van der Waals surface area contributed by atoms with Gasteiger partial charge in [-0.2, -0.15) is 0 Å². The zero-order valence-corrected chi connectivity index (χ0v) is 19.1. The molecule has 4 rings (SSSR count). The number of hydrogen-bond acceptors (Lipinski definition) is 8. The van der Waals surface area contributed by atoms with Crippen LogP contribution in [0.3, 0.4) is 0 Å². The first-order valence-electron chi connectivity index (χ1n) is 10.3. The molecule has 3 heterocycles. The van der Waals surface area contributed by atoms with Crippen molar-refractivity contribution in [3.63, 3.8) is 0 Å². The maximum Gasteiger partial charge on any atom is 0.225 e. The highest BCUT2D eigenvalue weighted by Crippen LogP contribution is 2.37. The third-order valence-corrected chi connectivity index (χ3v) is 6.57. The summed E-state index contributed by atoms with van der Waals surface area (Å²) in [7, 11) is 1.51. The Balaban J connectivity index is 1.76. The van der Waals surface area contributed by atoms with E-state index in [1.807, 2.05) is 13.0 Å². The molecule has 0 unspecified atom stereocenters. The van der Waals surface area contributed by atoms with E-state index >= 15 is 0 Å². The van der Waals surface area contributed by atoms with Crippen LogP contribution >= 0.6 is 22.9 Å². The second-order valence-corrected chi connectivity index (χ2v) is 9.22. The minimum absolute atomic E-state index is 0.254. The Bertz CT molecular complexity index is 1200. The summed E-state index contributed by atoms with van der Waals surface area (Å²) >= 11 is 7.34. The molecule has 0 radical (unpaired) electrons. The van der Waals surface area contributed by atoms with Crippen LogP contribution in [0, 0.1) is 17.8 Å². The predicted octanol–water partition coefficient (Wildman–Crippen LogP) is 1.79. The summed E-state index contributed by atoms with van der Waals surface area (Å²) in [6.07, 6.45) is 0.380. The van der Waals surface area contributed by atoms with E-state index in [1.54, 1.807) is 17.0 Å². The molecule has 0 spiro atoms. The first-order chi connectivity index (χ1) is 15.4. The fraction of sp³-hybridized carbons (Fsp3) is 0.429. The molecule has 1 fully saturated rings. The van der Waals surface area contributed by atoms with Crippen LogP contribution in [0.2, 0.25) is 4.34 Å². The van der Waals surface area contributed by atoms with E-state index in [-0.39, 0.29) is 12.3 Å². The summed E-state index contributed by atoms with van der Waals surface area (Å²) in [5, 5.41) is 26.9. The van der Waals surface area contributed by atoms with Gasteiger partial charge < -0.3 is 25.4 Å². The van der Waals surface area contributed by atoms with Crippen molar-refractivity contribution in [2.45, 2.75) is 38.0 Å². The lowest BCUT2D eigenvalue weighted by atomic mass is 10.1. The van der Waals surface area contributed by atoms with Gasteiger partial charge in [0.05, 0.1) is 33.6 Å². The highest BCUT2D eigenvalue weighted by Gasteiger charge is 2.46. The van der Waals surface area contributed by atoms with Crippen molar-refractivity contribution in [3.05, 3.63) is 33.5 Å². The van der Waals surface area contributed by atoms with Gasteiger partial charge in [0.15, 0.2) is 17.0 Å². The molecule has 0 bridgehead atoms. The summed E-state index contributed by atoms with van der Waals surface area (Å²) in [4.78, 5) is 26.5. The van der Waals surface area contributed by atoms with E-state index in [4.69, 9.17) is 11.6 Å². The number of aromatic nitrogens is 4. The van der Waals surface area contributed by atoms with Crippen LogP contribution in [0.15, 0.2) is 18.5 Å². The number of thiophene rings is 1. The number of hydrogen-bond donors (Lipinski definition) is 4. The first-order valence-corrected chi connectivity index (χ1v) is 11.5. The topological polar surface area (TPSA) is 125 Å². The number of carbonyl (C=O) groups excluding carboxylic acids is 1. The third kappa shape index (κ3) is 4.29. The smallest absolute Gasteiger partial charge is 0.225 e. The molecule has 0 aliphatic heterocycles. The van der Waals surface area contributed by atoms with Gasteiger partial charge in [0.25, 0.3) is 0 Å². The Morgan fingerprint density at radius 2 is 2.12 bits per heavy atom. The largest absolute Gasteiger partial charge is 0.390 e. The quantitative estimate of drug-likeness (QED) is 0.415. The highest BCUT2D eigenvalue weighted by atomic mass is 35.5. The fourth-order valence-electron chi connectivity index (χ4n) is 3.81. The number of nitrogens with one attached hydrogen (secondary N) is 2. The van der Waals surface area contributed by atoms with Crippen molar-refractivity contribution in [2.75, 3.05) is 18.9 Å². The van der Waals surface area contributed by atoms with Crippen LogP contribution in [0.25, 0.3) is 11.2 Å². The molecule has 1 saturated carbocycles. The lowest BCUT2D eigenvalue weighted by Gasteiger charge is -2.18. The summed E-state index contributed by atoms with van der Waals surface area (Å²) in [5.41, 5.74) is 1.01. The second-order valence-electron chi connectivity index (χ2n) is 7.51. The van der Waals surface area contributed by atoms with E-state index in [2.05, 4.69) is 37.4 Å². The van der Waals surface area contributed by atoms with Crippen LogP contribution in [-0.4, -0.2) is 61.4 Å². The monoisotopic (exact) mass is 474 g/mol. The molecule has 9 nitrogen and oxygen atoms in total. The maximum atomic E-state index is 12.1. The molecule has 11 heteroatoms. The number of fused-ring (bicyclic) bond motifs is 1. The third-order valence-electron chi connectivity index (χ3n) is 5.43. The molecular formula is C21H23ClN6O3S. The van der Waals surface area contributed by atoms with Crippen LogP contribution < -0.4 is 10.6 Å². The number of amides is 1. The maximum absolute atomic E-state index is 12.1. The Morgan fingerprint density at radius 3 is 2.81 bits per heavy atom. The van der Waals surface area contributed by atoms with Crippen LogP contribution in [0.4, 0.5) is 5.82 Å². The standard InChI is InChI=1S/C21H23ClN6O3S/c1-3-8-24-19-16-20(27-15(26-19)7-5-11-4-6-14(22)32-11)28(10-25-16)13-9-12(21(31)23-2)17(29)18(13)30/h4,6,10,12-13,17-18,29-30H,3,8-9H2,1-2H3,(H,23,31)(H,24,26,27)/t12-,13+,17+,18-/m0/s1. The Labute approximate surface area is 193 Å². The Morgan fingerprint density at radius 1 is 1.31 bits per heavy atom. The van der Waals surface area contributed by atoms with Gasteiger partial charge >= 0.3 is 0 Å². The van der Waals surface area contributed by atoms with Gasteiger partial charge in [-0.25, -0.2) is 15.0 Å². The average molecular weight is 475 g/mol. The lowest BCUT2D eigenvalue weighted by Crippen LogP contribution is -2.36. The van der Waals surface area contributed by atoms with E-state index in [0.29, 0.717) is 33.7 Å². The summed E-state index contributed by atoms with van der Waals surface area (Å²) < 4.78 is 2.34. The number of nitrogens with zero attached hydrogens (tertiary/aromatic N) is 4. The molecule has 32 heavy (non-hydrogen) atoms. The van der Waals surface area contributed by atoms with Gasteiger partial charge in [0.1, 0.15) is 6.10 Å². The van der Waals surface area contributed by atoms with Crippen LogP contribution in [0.5, 0.6) is 0 Å². The predicted molar refractivity (Wildman–Crippen MR) is 123 cm³/mol. The SMILES string of the molecule is CCCNc1nc(C#Cc2ccc(Cl)s2)nc2c1ncn2[C@@H]1C[C@H](C(=O)NC)[C@@H](O)[C@H]1O. The molecule has 168 valence electrons. The zero-order chi connectivity index (χ0) is 22.8. The summed E-state index contributed by atoms with van der Waals surface area (Å²) in [5.74, 6) is 5.78. The molecule has 0 saturated heterocycles. The van der Waals surface area contributed by atoms with Gasteiger partial charge in [-0.15, -0.1) is 11.3 Å². The van der Waals surface area contributed by atoms with Crippen molar-refractivity contribution in [3.8, 4) is 11.8 Å². The average Bonchev–Trinajstić information content (AvgIpc) is 3.48. The van der Waals surface area contributed by atoms with E-state index in [1.165, 1.54) is 18.4 Å². The van der Waals surface area contributed by atoms with Gasteiger partial charge in [-0.1, -0.05) is 18.5 Å². The van der Waals surface area contributed by atoms with Crippen LogP contribution in [0.1, 0.15) is 36.5 Å². The van der Waals surface area contributed by atoms with Gasteiger partial charge in [-0.05, 0) is 36.8 Å². The molecule has 3 aromatic heterocycles. The van der Waals surface area contributed by atoms with Gasteiger partial charge in [0.2, 0.25) is 11.7 Å². The number of anilines is 1. The first kappa shape index (κ1) is 22.5. The normalized spacial score (nSPS) is 22.5. The number of rotatable bonds is 5. The minimum Gasteiger partial charge on any atom is -0.390 e. The van der Waals surface area contributed by atoms with E-state index in [9.17, 15) is 15.0 Å². The second kappa shape index (κ2) is 9.42. The van der Waals surface area contributed by atoms with Crippen molar-refractivity contribution >= 4 is 45.8 Å². The number of carbonyl (C=O) groups is 1. The van der Waals surface area contributed by atoms with Crippen molar-refractivity contribution in [2.24, 2.45) is 5.92 Å². The van der Waals surface area contributed by atoms with Crippen molar-refractivity contribution < 1.29 is 15.0 Å². The Kier molecular flexibility index (Phi) is 6.62. The van der Waals surface area contributed by atoms with Gasteiger partial charge in [-0.3, -0.25) is 4.79 Å². The Hall–Kier alpha value is -2.71. The number of halogens is 1. The molecule has 3 aromatic rings. The molecule has 1 amide bonds. The van der Waals surface area contributed by atoms with E-state index in [0.717, 1.165) is 11.3 Å². The van der Waals surface area contributed by atoms with Crippen molar-refractivity contribution in [1.82, 2.24) is 24.8 Å². The number of imidazole rings is 1. The lowest BCUT2D eigenvalue weighted by molar-refractivity contribution is -0.128. The molecule has 1 aliphatic carbocycles. The minimum atomic E-state index is -1.18. The molecule has 4 atom stereocenters. The van der Waals surface area contributed by atoms with Crippen molar-refractivity contribution in [1.29, 1.82) is 0 Å². The van der Waals surface area contributed by atoms with Crippen LogP contribution in [-0.2, 0) is 4.79 Å². The number of aliphatic hydroxyl groups is 2.